The zero-order valence-electron chi connectivity index (χ0n) is 15.3. The van der Waals surface area contributed by atoms with Gasteiger partial charge in [-0.15, -0.1) is 0 Å². The molecule has 0 saturated carbocycles. The van der Waals surface area contributed by atoms with E-state index in [-0.39, 0.29) is 11.8 Å². The highest BCUT2D eigenvalue weighted by Gasteiger charge is 2.27. The van der Waals surface area contributed by atoms with Crippen LogP contribution in [0, 0.1) is 12.3 Å². The van der Waals surface area contributed by atoms with E-state index in [1.54, 1.807) is 34.6 Å². The highest BCUT2D eigenvalue weighted by molar-refractivity contribution is 5.89. The van der Waals surface area contributed by atoms with E-state index >= 15 is 0 Å². The summed E-state index contributed by atoms with van der Waals surface area (Å²) in [5.74, 6) is 0.666. The Morgan fingerprint density at radius 1 is 1.12 bits per heavy atom. The molecule has 2 rings (SSSR count). The molecule has 0 fully saturated rings. The third-order valence-electron chi connectivity index (χ3n) is 3.71. The van der Waals surface area contributed by atoms with Gasteiger partial charge in [-0.1, -0.05) is 51.1 Å². The summed E-state index contributed by atoms with van der Waals surface area (Å²) in [5.41, 5.74) is 0.304. The smallest absolute Gasteiger partial charge is 0.243 e. The molecule has 25 heavy (non-hydrogen) atoms. The second-order valence-corrected chi connectivity index (χ2v) is 7.08. The van der Waals surface area contributed by atoms with Gasteiger partial charge >= 0.3 is 0 Å². The van der Waals surface area contributed by atoms with E-state index in [1.165, 1.54) is 0 Å². The number of carbonyl (C=O) groups excluding carboxylic acids is 2. The molecule has 0 radical (unpaired) electrons. The van der Waals surface area contributed by atoms with Gasteiger partial charge in [-0.3, -0.25) is 14.7 Å². The first-order valence-corrected chi connectivity index (χ1v) is 8.23. The highest BCUT2D eigenvalue weighted by Crippen LogP contribution is 2.19. The molecule has 0 aliphatic heterocycles. The molecule has 2 atom stereocenters. The van der Waals surface area contributed by atoms with E-state index in [2.05, 4.69) is 25.8 Å². The third kappa shape index (κ3) is 4.89. The van der Waals surface area contributed by atoms with Gasteiger partial charge in [0.1, 0.15) is 17.9 Å². The first kappa shape index (κ1) is 18.6. The molecule has 7 nitrogen and oxygen atoms in total. The number of nitrogens with zero attached hydrogens (tertiary/aromatic N) is 2. The van der Waals surface area contributed by atoms with Gasteiger partial charge in [-0.05, 0) is 19.4 Å². The minimum Gasteiger partial charge on any atom is -0.344 e. The normalized spacial score (nSPS) is 13.8. The molecule has 1 heterocycles. The van der Waals surface area contributed by atoms with Crippen molar-refractivity contribution in [2.24, 2.45) is 5.41 Å². The van der Waals surface area contributed by atoms with E-state index in [1.807, 2.05) is 30.3 Å². The van der Waals surface area contributed by atoms with Crippen LogP contribution in [0.4, 0.5) is 0 Å². The second kappa shape index (κ2) is 7.46. The lowest BCUT2D eigenvalue weighted by atomic mass is 9.95. The van der Waals surface area contributed by atoms with Gasteiger partial charge in [-0.2, -0.15) is 5.10 Å². The Morgan fingerprint density at radius 3 is 2.28 bits per heavy atom. The number of nitrogens with one attached hydrogen (secondary N) is 3. The third-order valence-corrected chi connectivity index (χ3v) is 3.71. The molecule has 2 unspecified atom stereocenters. The molecule has 2 aromatic rings. The number of hydrogen-bond donors (Lipinski definition) is 3. The molecule has 0 saturated heterocycles. The minimum atomic E-state index is -0.669. The van der Waals surface area contributed by atoms with Crippen molar-refractivity contribution in [3.05, 3.63) is 47.5 Å². The van der Waals surface area contributed by atoms with Gasteiger partial charge in [0.15, 0.2) is 5.82 Å². The van der Waals surface area contributed by atoms with Crippen molar-refractivity contribution in [3.63, 3.8) is 0 Å². The summed E-state index contributed by atoms with van der Waals surface area (Å²) in [6.07, 6.45) is 0. The molecule has 0 bridgehead atoms. The van der Waals surface area contributed by atoms with Crippen LogP contribution < -0.4 is 10.6 Å². The second-order valence-electron chi connectivity index (χ2n) is 7.08. The molecule has 1 aromatic heterocycles. The van der Waals surface area contributed by atoms with Crippen molar-refractivity contribution in [1.29, 1.82) is 0 Å². The van der Waals surface area contributed by atoms with E-state index in [0.29, 0.717) is 11.6 Å². The zero-order chi connectivity index (χ0) is 18.6. The lowest BCUT2D eigenvalue weighted by Crippen LogP contribution is -2.49. The van der Waals surface area contributed by atoms with Crippen LogP contribution in [0.5, 0.6) is 0 Å². The van der Waals surface area contributed by atoms with Crippen molar-refractivity contribution >= 4 is 11.8 Å². The van der Waals surface area contributed by atoms with E-state index in [4.69, 9.17) is 0 Å². The van der Waals surface area contributed by atoms with Crippen molar-refractivity contribution < 1.29 is 9.59 Å². The van der Waals surface area contributed by atoms with E-state index in [9.17, 15) is 9.59 Å². The van der Waals surface area contributed by atoms with Crippen LogP contribution in [0.25, 0.3) is 0 Å². The van der Waals surface area contributed by atoms with Gasteiger partial charge in [0, 0.05) is 5.41 Å². The number of carbonyl (C=O) groups is 2. The van der Waals surface area contributed by atoms with Crippen LogP contribution >= 0.6 is 0 Å². The molecule has 7 heteroatoms. The van der Waals surface area contributed by atoms with Crippen LogP contribution in [0.15, 0.2) is 30.3 Å². The van der Waals surface area contributed by atoms with E-state index < -0.39 is 17.5 Å². The van der Waals surface area contributed by atoms with Gasteiger partial charge in [0.25, 0.3) is 0 Å². The monoisotopic (exact) mass is 343 g/mol. The number of rotatable bonds is 5. The average molecular weight is 343 g/mol. The fourth-order valence-corrected chi connectivity index (χ4v) is 2.18. The zero-order valence-corrected chi connectivity index (χ0v) is 15.3. The maximum absolute atomic E-state index is 12.6. The average Bonchev–Trinajstić information content (AvgIpc) is 2.98. The topological polar surface area (TPSA) is 99.8 Å². The number of aromatic nitrogens is 3. The van der Waals surface area contributed by atoms with Crippen molar-refractivity contribution in [2.45, 2.75) is 46.7 Å². The maximum Gasteiger partial charge on any atom is 0.243 e. The van der Waals surface area contributed by atoms with Gasteiger partial charge in [0.05, 0.1) is 0 Å². The molecular weight excluding hydrogens is 318 g/mol. The summed E-state index contributed by atoms with van der Waals surface area (Å²) >= 11 is 0. The molecule has 1 aromatic carbocycles. The number of aryl methyl sites for hydroxylation is 1. The summed E-state index contributed by atoms with van der Waals surface area (Å²) in [6, 6.07) is 8.31. The van der Waals surface area contributed by atoms with Gasteiger partial charge in [-0.25, -0.2) is 4.98 Å². The lowest BCUT2D eigenvalue weighted by molar-refractivity contribution is -0.133. The Hall–Kier alpha value is -2.70. The molecule has 3 N–H and O–H groups in total. The summed E-state index contributed by atoms with van der Waals surface area (Å²) in [5, 5.41) is 12.6. The minimum absolute atomic E-state index is 0.180. The van der Waals surface area contributed by atoms with Crippen LogP contribution in [-0.2, 0) is 9.59 Å². The molecule has 0 aliphatic rings. The van der Waals surface area contributed by atoms with Crippen LogP contribution in [0.1, 0.15) is 50.9 Å². The molecule has 0 spiro atoms. The predicted octanol–water partition coefficient (Wildman–Crippen LogP) is 1.87. The van der Waals surface area contributed by atoms with Crippen LogP contribution in [0.2, 0.25) is 0 Å². The van der Waals surface area contributed by atoms with Crippen LogP contribution in [0.3, 0.4) is 0 Å². The predicted molar refractivity (Wildman–Crippen MR) is 94.6 cm³/mol. The largest absolute Gasteiger partial charge is 0.344 e. The van der Waals surface area contributed by atoms with E-state index in [0.717, 1.165) is 5.56 Å². The summed E-state index contributed by atoms with van der Waals surface area (Å²) < 4.78 is 0. The number of amides is 2. The first-order valence-electron chi connectivity index (χ1n) is 8.23. The Balaban J connectivity index is 2.17. The van der Waals surface area contributed by atoms with Gasteiger partial charge in [0.2, 0.25) is 11.8 Å². The quantitative estimate of drug-likeness (QED) is 0.771. The molecule has 0 aliphatic carbocycles. The Morgan fingerprint density at radius 2 is 1.76 bits per heavy atom. The van der Waals surface area contributed by atoms with Crippen molar-refractivity contribution in [2.75, 3.05) is 0 Å². The number of hydrogen-bond acceptors (Lipinski definition) is 4. The van der Waals surface area contributed by atoms with Crippen molar-refractivity contribution in [3.8, 4) is 0 Å². The summed E-state index contributed by atoms with van der Waals surface area (Å²) in [4.78, 5) is 29.0. The Bertz CT molecular complexity index is 733. The summed E-state index contributed by atoms with van der Waals surface area (Å²) in [6.45, 7) is 8.86. The molecule has 2 amide bonds. The Labute approximate surface area is 147 Å². The Kier molecular flexibility index (Phi) is 5.56. The lowest BCUT2D eigenvalue weighted by Gasteiger charge is -2.23. The number of benzene rings is 1. The number of H-pyrrole nitrogens is 1. The molecule has 134 valence electrons. The van der Waals surface area contributed by atoms with Crippen molar-refractivity contribution in [1.82, 2.24) is 25.8 Å². The number of aromatic amines is 1. The highest BCUT2D eigenvalue weighted by atomic mass is 16.2. The first-order chi connectivity index (χ1) is 11.7. The summed E-state index contributed by atoms with van der Waals surface area (Å²) in [7, 11) is 0. The standard InChI is InChI=1S/C18H25N5O2/c1-11(19-17(25)18(3,4)5)16(24)21-14(13-9-7-6-8-10-13)15-20-12(2)22-23-15/h6-11,14H,1-5H3,(H,19,25)(H,21,24)(H,20,22,23). The maximum atomic E-state index is 12.6. The fourth-order valence-electron chi connectivity index (χ4n) is 2.18. The SMILES string of the molecule is Cc1nc(C(NC(=O)C(C)NC(=O)C(C)(C)C)c2ccccc2)n[nH]1. The fraction of sp³-hybridized carbons (Fsp3) is 0.444. The molecular formula is C18H25N5O2. The van der Waals surface area contributed by atoms with Crippen LogP contribution in [-0.4, -0.2) is 33.0 Å². The van der Waals surface area contributed by atoms with Gasteiger partial charge < -0.3 is 10.6 Å².